The van der Waals surface area contributed by atoms with Gasteiger partial charge >= 0.3 is 0 Å². The highest BCUT2D eigenvalue weighted by Crippen LogP contribution is 2.31. The topological polar surface area (TPSA) is 12.0 Å². The lowest BCUT2D eigenvalue weighted by atomic mass is 9.80. The molecule has 78 valence electrons. The average molecular weight is 201 g/mol. The summed E-state index contributed by atoms with van der Waals surface area (Å²) in [6.45, 7) is 3.42. The largest absolute Gasteiger partial charge is 0.319 e. The van der Waals surface area contributed by atoms with Crippen molar-refractivity contribution < 1.29 is 0 Å². The predicted octanol–water partition coefficient (Wildman–Crippen LogP) is 2.72. The third-order valence-electron chi connectivity index (χ3n) is 3.13. The van der Waals surface area contributed by atoms with Gasteiger partial charge < -0.3 is 5.32 Å². The fourth-order valence-corrected chi connectivity index (χ4v) is 2.74. The minimum atomic E-state index is 0.589. The van der Waals surface area contributed by atoms with Crippen molar-refractivity contribution >= 4 is 12.6 Å². The highest BCUT2D eigenvalue weighted by molar-refractivity contribution is 7.80. The number of hydrogen-bond donors (Lipinski definition) is 2. The summed E-state index contributed by atoms with van der Waals surface area (Å²) in [5.74, 6) is 1.90. The highest BCUT2D eigenvalue weighted by atomic mass is 32.1. The predicted molar refractivity (Wildman–Crippen MR) is 62.4 cm³/mol. The Balaban J connectivity index is 2.15. The van der Waals surface area contributed by atoms with Crippen LogP contribution in [0.4, 0.5) is 0 Å². The summed E-state index contributed by atoms with van der Waals surface area (Å²) in [5.41, 5.74) is 0. The Morgan fingerprint density at radius 1 is 1.23 bits per heavy atom. The molecule has 0 aromatic carbocycles. The van der Waals surface area contributed by atoms with Crippen LogP contribution in [0, 0.1) is 11.8 Å². The lowest BCUT2D eigenvalue weighted by Crippen LogP contribution is -2.24. The van der Waals surface area contributed by atoms with Crippen LogP contribution in [0.15, 0.2) is 0 Å². The molecule has 0 bridgehead atoms. The fraction of sp³-hybridized carbons (Fsp3) is 1.00. The number of hydrogen-bond acceptors (Lipinski definition) is 2. The van der Waals surface area contributed by atoms with E-state index in [1.807, 2.05) is 0 Å². The summed E-state index contributed by atoms with van der Waals surface area (Å²) in [5, 5.41) is 3.87. The molecule has 0 spiro atoms. The van der Waals surface area contributed by atoms with Gasteiger partial charge in [0.2, 0.25) is 0 Å². The molecule has 1 aliphatic rings. The monoisotopic (exact) mass is 201 g/mol. The first-order chi connectivity index (χ1) is 6.22. The first-order valence-electron chi connectivity index (χ1n) is 5.55. The molecular formula is C11H23NS. The Kier molecular flexibility index (Phi) is 5.18. The number of thiol groups is 1. The van der Waals surface area contributed by atoms with Gasteiger partial charge in [0.05, 0.1) is 0 Å². The second kappa shape index (κ2) is 5.92. The van der Waals surface area contributed by atoms with Gasteiger partial charge in [0.1, 0.15) is 0 Å². The van der Waals surface area contributed by atoms with Gasteiger partial charge in [0, 0.05) is 0 Å². The van der Waals surface area contributed by atoms with Crippen molar-refractivity contribution in [3.8, 4) is 0 Å². The Hall–Kier alpha value is 0.310. The van der Waals surface area contributed by atoms with Crippen molar-refractivity contribution in [2.75, 3.05) is 13.6 Å². The van der Waals surface area contributed by atoms with Crippen LogP contribution in [0.3, 0.4) is 0 Å². The smallest absolute Gasteiger partial charge is 0.000895 e. The maximum atomic E-state index is 4.46. The molecule has 1 nitrogen and oxygen atoms in total. The maximum Gasteiger partial charge on any atom is -0.000895 e. The second-order valence-electron chi connectivity index (χ2n) is 4.53. The van der Waals surface area contributed by atoms with Crippen LogP contribution >= 0.6 is 12.6 Å². The maximum absolute atomic E-state index is 4.46. The molecule has 1 N–H and O–H groups in total. The summed E-state index contributed by atoms with van der Waals surface area (Å²) >= 11 is 4.46. The van der Waals surface area contributed by atoms with Gasteiger partial charge in [-0.1, -0.05) is 19.8 Å². The molecule has 1 atom stereocenters. The van der Waals surface area contributed by atoms with E-state index < -0.39 is 0 Å². The van der Waals surface area contributed by atoms with E-state index in [0.29, 0.717) is 5.25 Å². The van der Waals surface area contributed by atoms with Crippen LogP contribution in [-0.2, 0) is 0 Å². The minimum Gasteiger partial charge on any atom is -0.319 e. The summed E-state index contributed by atoms with van der Waals surface area (Å²) < 4.78 is 0. The van der Waals surface area contributed by atoms with E-state index >= 15 is 0 Å². The van der Waals surface area contributed by atoms with Crippen molar-refractivity contribution in [2.45, 2.75) is 44.3 Å². The molecule has 1 unspecified atom stereocenters. The zero-order valence-corrected chi connectivity index (χ0v) is 9.82. The lowest BCUT2D eigenvalue weighted by Gasteiger charge is -2.29. The van der Waals surface area contributed by atoms with Crippen LogP contribution in [0.2, 0.25) is 0 Å². The first kappa shape index (κ1) is 11.4. The van der Waals surface area contributed by atoms with Gasteiger partial charge in [-0.15, -0.1) is 0 Å². The van der Waals surface area contributed by atoms with E-state index in [0.717, 1.165) is 11.8 Å². The molecule has 0 heterocycles. The molecule has 13 heavy (non-hydrogen) atoms. The van der Waals surface area contributed by atoms with Gasteiger partial charge in [0.15, 0.2) is 0 Å². The van der Waals surface area contributed by atoms with E-state index in [4.69, 9.17) is 0 Å². The highest BCUT2D eigenvalue weighted by Gasteiger charge is 2.21. The van der Waals surface area contributed by atoms with E-state index in [2.05, 4.69) is 31.9 Å². The Morgan fingerprint density at radius 2 is 1.77 bits per heavy atom. The van der Waals surface area contributed by atoms with Crippen molar-refractivity contribution in [2.24, 2.45) is 11.8 Å². The van der Waals surface area contributed by atoms with Gasteiger partial charge in [-0.25, -0.2) is 0 Å². The molecule has 0 amide bonds. The Bertz CT molecular complexity index is 128. The first-order valence-corrected chi connectivity index (χ1v) is 6.06. The Morgan fingerprint density at radius 3 is 2.23 bits per heavy atom. The SMILES string of the molecule is CNC[C@H]1CC[C@H](CC(C)S)CC1. The zero-order chi connectivity index (χ0) is 9.68. The quantitative estimate of drug-likeness (QED) is 0.667. The van der Waals surface area contributed by atoms with Crippen molar-refractivity contribution in [3.63, 3.8) is 0 Å². The van der Waals surface area contributed by atoms with Gasteiger partial charge in [-0.3, -0.25) is 0 Å². The molecule has 1 aliphatic carbocycles. The molecule has 0 radical (unpaired) electrons. The van der Waals surface area contributed by atoms with Crippen molar-refractivity contribution in [3.05, 3.63) is 0 Å². The summed E-state index contributed by atoms with van der Waals surface area (Å²) in [7, 11) is 2.06. The molecule has 0 aromatic heterocycles. The normalized spacial score (nSPS) is 31.6. The number of rotatable bonds is 4. The Labute approximate surface area is 88.1 Å². The minimum absolute atomic E-state index is 0.589. The second-order valence-corrected chi connectivity index (χ2v) is 5.41. The fourth-order valence-electron chi connectivity index (χ4n) is 2.44. The van der Waals surface area contributed by atoms with Crippen LogP contribution in [0.1, 0.15) is 39.0 Å². The summed E-state index contributed by atoms with van der Waals surface area (Å²) in [4.78, 5) is 0. The van der Waals surface area contributed by atoms with E-state index in [1.54, 1.807) is 0 Å². The summed E-state index contributed by atoms with van der Waals surface area (Å²) in [6, 6.07) is 0. The molecule has 0 aliphatic heterocycles. The molecule has 0 saturated heterocycles. The molecule has 1 rings (SSSR count). The van der Waals surface area contributed by atoms with E-state index in [9.17, 15) is 0 Å². The van der Waals surface area contributed by atoms with Crippen LogP contribution in [0.25, 0.3) is 0 Å². The number of nitrogens with one attached hydrogen (secondary N) is 1. The van der Waals surface area contributed by atoms with Gasteiger partial charge in [-0.2, -0.15) is 12.6 Å². The summed E-state index contributed by atoms with van der Waals surface area (Å²) in [6.07, 6.45) is 7.02. The van der Waals surface area contributed by atoms with Crippen LogP contribution in [0.5, 0.6) is 0 Å². The third-order valence-corrected chi connectivity index (χ3v) is 3.34. The van der Waals surface area contributed by atoms with E-state index in [-0.39, 0.29) is 0 Å². The van der Waals surface area contributed by atoms with Crippen LogP contribution in [-0.4, -0.2) is 18.8 Å². The lowest BCUT2D eigenvalue weighted by molar-refractivity contribution is 0.261. The molecule has 1 saturated carbocycles. The zero-order valence-electron chi connectivity index (χ0n) is 8.92. The van der Waals surface area contributed by atoms with E-state index in [1.165, 1.54) is 38.6 Å². The van der Waals surface area contributed by atoms with Gasteiger partial charge in [0.25, 0.3) is 0 Å². The molecule has 2 heteroatoms. The molecular weight excluding hydrogens is 178 g/mol. The van der Waals surface area contributed by atoms with Crippen molar-refractivity contribution in [1.82, 2.24) is 5.32 Å². The standard InChI is InChI=1S/C11H23NS/c1-9(13)7-10-3-5-11(6-4-10)8-12-2/h9-13H,3-8H2,1-2H3/t9?,10-,11-. The molecule has 1 fully saturated rings. The van der Waals surface area contributed by atoms with Crippen molar-refractivity contribution in [1.29, 1.82) is 0 Å². The van der Waals surface area contributed by atoms with Gasteiger partial charge in [-0.05, 0) is 49.9 Å². The average Bonchev–Trinajstić information content (AvgIpc) is 2.08. The third kappa shape index (κ3) is 4.37. The van der Waals surface area contributed by atoms with Crippen LogP contribution < -0.4 is 5.32 Å². The molecule has 0 aromatic rings.